The number of nitrogens with one attached hydrogen (secondary N) is 1. The van der Waals surface area contributed by atoms with Crippen LogP contribution in [0, 0.1) is 0 Å². The Bertz CT molecular complexity index is 862. The van der Waals surface area contributed by atoms with Crippen molar-refractivity contribution < 1.29 is 16.8 Å². The molecular weight excluding hydrogens is 356 g/mol. The third-order valence-electron chi connectivity index (χ3n) is 3.77. The summed E-state index contributed by atoms with van der Waals surface area (Å²) in [7, 11) is -7.03. The van der Waals surface area contributed by atoms with Gasteiger partial charge in [0.1, 0.15) is 4.21 Å². The van der Waals surface area contributed by atoms with Gasteiger partial charge in [-0.25, -0.2) is 16.8 Å². The monoisotopic (exact) mass is 372 g/mol. The average Bonchev–Trinajstić information content (AvgIpc) is 3.14. The van der Waals surface area contributed by atoms with Crippen molar-refractivity contribution in [1.82, 2.24) is 10.3 Å². The summed E-state index contributed by atoms with van der Waals surface area (Å²) in [5.74, 6) is -0.500. The molecule has 3 heterocycles. The van der Waals surface area contributed by atoms with Crippen molar-refractivity contribution in [3.8, 4) is 0 Å². The normalized spacial score (nSPS) is 23.8. The first-order chi connectivity index (χ1) is 10.9. The highest BCUT2D eigenvalue weighted by Gasteiger charge is 2.45. The van der Waals surface area contributed by atoms with E-state index in [1.165, 1.54) is 6.07 Å². The lowest BCUT2D eigenvalue weighted by Gasteiger charge is -2.19. The molecule has 1 N–H and O–H groups in total. The standard InChI is InChI=1S/C14H16N2O4S3/c17-22(18)9-12(16-8-11-3-1-5-15-7-11)13(10-22)23(19,20)14-4-2-6-21-14/h1-7,12-13,16H,8-10H2/t12-,13-/m0/s1. The maximum absolute atomic E-state index is 12.7. The molecule has 0 aromatic carbocycles. The van der Waals surface area contributed by atoms with Gasteiger partial charge in [-0.2, -0.15) is 0 Å². The van der Waals surface area contributed by atoms with Crippen molar-refractivity contribution in [2.24, 2.45) is 0 Å². The van der Waals surface area contributed by atoms with E-state index in [1.807, 2.05) is 6.07 Å². The van der Waals surface area contributed by atoms with Crippen LogP contribution in [-0.2, 0) is 26.2 Å². The van der Waals surface area contributed by atoms with E-state index in [-0.39, 0.29) is 15.7 Å². The largest absolute Gasteiger partial charge is 0.308 e. The fourth-order valence-electron chi connectivity index (χ4n) is 2.64. The Hall–Kier alpha value is -1.29. The summed E-state index contributed by atoms with van der Waals surface area (Å²) in [5, 5.41) is 3.80. The average molecular weight is 372 g/mol. The molecule has 0 amide bonds. The van der Waals surface area contributed by atoms with Gasteiger partial charge in [0.15, 0.2) is 19.7 Å². The van der Waals surface area contributed by atoms with Gasteiger partial charge in [-0.05, 0) is 23.1 Å². The molecule has 0 radical (unpaired) electrons. The fourth-order valence-corrected chi connectivity index (χ4v) is 8.58. The molecule has 124 valence electrons. The third kappa shape index (κ3) is 3.63. The smallest absolute Gasteiger partial charge is 0.193 e. The Labute approximate surface area is 139 Å². The molecule has 0 saturated carbocycles. The molecule has 2 aromatic rings. The topological polar surface area (TPSA) is 93.2 Å². The number of aromatic nitrogens is 1. The summed E-state index contributed by atoms with van der Waals surface area (Å²) < 4.78 is 49.5. The SMILES string of the molecule is O=S1(=O)C[C@H](NCc2cccnc2)[C@@H](S(=O)(=O)c2cccs2)C1. The highest BCUT2D eigenvalue weighted by molar-refractivity contribution is 7.97. The van der Waals surface area contributed by atoms with E-state index in [2.05, 4.69) is 10.3 Å². The molecule has 1 saturated heterocycles. The highest BCUT2D eigenvalue weighted by Crippen LogP contribution is 2.28. The second kappa shape index (κ2) is 6.31. The highest BCUT2D eigenvalue weighted by atomic mass is 32.2. The second-order valence-electron chi connectivity index (χ2n) is 5.44. The second-order valence-corrected chi connectivity index (χ2v) is 10.9. The lowest BCUT2D eigenvalue weighted by Crippen LogP contribution is -2.42. The van der Waals surface area contributed by atoms with Crippen LogP contribution in [-0.4, -0.2) is 44.6 Å². The first-order valence-electron chi connectivity index (χ1n) is 6.99. The van der Waals surface area contributed by atoms with Gasteiger partial charge in [-0.1, -0.05) is 12.1 Å². The molecule has 23 heavy (non-hydrogen) atoms. The summed E-state index contributed by atoms with van der Waals surface area (Å²) in [6.45, 7) is 0.379. The quantitative estimate of drug-likeness (QED) is 0.837. The van der Waals surface area contributed by atoms with Crippen molar-refractivity contribution in [3.05, 3.63) is 47.6 Å². The summed E-state index contributed by atoms with van der Waals surface area (Å²) >= 11 is 1.11. The Morgan fingerprint density at radius 1 is 1.26 bits per heavy atom. The summed E-state index contributed by atoms with van der Waals surface area (Å²) in [5.41, 5.74) is 0.879. The summed E-state index contributed by atoms with van der Waals surface area (Å²) in [6.07, 6.45) is 3.31. The molecule has 1 fully saturated rings. The van der Waals surface area contributed by atoms with Gasteiger partial charge in [0, 0.05) is 25.0 Å². The van der Waals surface area contributed by atoms with E-state index in [9.17, 15) is 16.8 Å². The lowest BCUT2D eigenvalue weighted by molar-refractivity contribution is 0.527. The van der Waals surface area contributed by atoms with Gasteiger partial charge in [-0.3, -0.25) is 4.98 Å². The summed E-state index contributed by atoms with van der Waals surface area (Å²) in [6, 6.07) is 6.18. The number of hydrogen-bond acceptors (Lipinski definition) is 7. The molecule has 0 unspecified atom stereocenters. The molecule has 9 heteroatoms. The molecule has 3 rings (SSSR count). The molecule has 0 aliphatic carbocycles. The van der Waals surface area contributed by atoms with E-state index < -0.39 is 31.0 Å². The Morgan fingerprint density at radius 2 is 2.09 bits per heavy atom. The van der Waals surface area contributed by atoms with E-state index in [0.717, 1.165) is 16.9 Å². The zero-order valence-corrected chi connectivity index (χ0v) is 14.6. The molecular formula is C14H16N2O4S3. The Morgan fingerprint density at radius 3 is 2.74 bits per heavy atom. The van der Waals surface area contributed by atoms with Crippen LogP contribution >= 0.6 is 11.3 Å². The predicted octanol–water partition coefficient (Wildman–Crippen LogP) is 0.872. The van der Waals surface area contributed by atoms with Crippen LogP contribution in [0.5, 0.6) is 0 Å². The van der Waals surface area contributed by atoms with Crippen LogP contribution in [0.2, 0.25) is 0 Å². The van der Waals surface area contributed by atoms with Crippen LogP contribution in [0.15, 0.2) is 46.2 Å². The Kier molecular flexibility index (Phi) is 4.54. The number of hydrogen-bond donors (Lipinski definition) is 1. The molecule has 0 spiro atoms. The molecule has 2 aromatic heterocycles. The molecule has 6 nitrogen and oxygen atoms in total. The zero-order valence-electron chi connectivity index (χ0n) is 12.1. The molecule has 2 atom stereocenters. The molecule has 0 bridgehead atoms. The number of rotatable bonds is 5. The van der Waals surface area contributed by atoms with E-state index in [4.69, 9.17) is 0 Å². The predicted molar refractivity (Wildman–Crippen MR) is 88.8 cm³/mol. The maximum atomic E-state index is 12.7. The minimum atomic E-state index is -3.66. The van der Waals surface area contributed by atoms with Gasteiger partial charge < -0.3 is 5.32 Å². The Balaban J connectivity index is 1.83. The number of nitrogens with zero attached hydrogens (tertiary/aromatic N) is 1. The summed E-state index contributed by atoms with van der Waals surface area (Å²) in [4.78, 5) is 3.99. The number of pyridine rings is 1. The zero-order chi connectivity index (χ0) is 16.5. The number of sulfone groups is 2. The first kappa shape index (κ1) is 16.6. The van der Waals surface area contributed by atoms with Gasteiger partial charge >= 0.3 is 0 Å². The van der Waals surface area contributed by atoms with Crippen molar-refractivity contribution >= 4 is 31.0 Å². The van der Waals surface area contributed by atoms with E-state index in [1.54, 1.807) is 29.9 Å². The van der Waals surface area contributed by atoms with Crippen molar-refractivity contribution in [3.63, 3.8) is 0 Å². The van der Waals surface area contributed by atoms with Crippen LogP contribution in [0.25, 0.3) is 0 Å². The van der Waals surface area contributed by atoms with Gasteiger partial charge in [0.2, 0.25) is 0 Å². The van der Waals surface area contributed by atoms with Crippen LogP contribution in [0.1, 0.15) is 5.56 Å². The van der Waals surface area contributed by atoms with Crippen LogP contribution in [0.3, 0.4) is 0 Å². The fraction of sp³-hybridized carbons (Fsp3) is 0.357. The third-order valence-corrected chi connectivity index (χ3v) is 9.35. The number of thiophene rings is 1. The van der Waals surface area contributed by atoms with Crippen molar-refractivity contribution in [1.29, 1.82) is 0 Å². The van der Waals surface area contributed by atoms with Gasteiger partial charge in [0.05, 0.1) is 16.8 Å². The van der Waals surface area contributed by atoms with E-state index >= 15 is 0 Å². The van der Waals surface area contributed by atoms with Crippen LogP contribution in [0.4, 0.5) is 0 Å². The minimum Gasteiger partial charge on any atom is -0.308 e. The maximum Gasteiger partial charge on any atom is 0.193 e. The van der Waals surface area contributed by atoms with Gasteiger partial charge in [0.25, 0.3) is 0 Å². The molecule has 1 aliphatic rings. The minimum absolute atomic E-state index is 0.164. The lowest BCUT2D eigenvalue weighted by atomic mass is 10.2. The van der Waals surface area contributed by atoms with E-state index in [0.29, 0.717) is 6.54 Å². The van der Waals surface area contributed by atoms with Crippen molar-refractivity contribution in [2.45, 2.75) is 22.0 Å². The first-order valence-corrected chi connectivity index (χ1v) is 11.2. The molecule has 1 aliphatic heterocycles. The van der Waals surface area contributed by atoms with Crippen LogP contribution < -0.4 is 5.32 Å². The van der Waals surface area contributed by atoms with Gasteiger partial charge in [-0.15, -0.1) is 11.3 Å². The van der Waals surface area contributed by atoms with Crippen molar-refractivity contribution in [2.75, 3.05) is 11.5 Å².